The highest BCUT2D eigenvalue weighted by atomic mass is 31.2. The Morgan fingerprint density at radius 2 is 1.82 bits per heavy atom. The van der Waals surface area contributed by atoms with Gasteiger partial charge in [-0.05, 0) is 39.7 Å². The van der Waals surface area contributed by atoms with E-state index in [0.717, 1.165) is 0 Å². The minimum atomic E-state index is -4.55. The summed E-state index contributed by atoms with van der Waals surface area (Å²) in [5.74, 6) is -0.341. The van der Waals surface area contributed by atoms with Crippen molar-refractivity contribution in [3.05, 3.63) is 11.4 Å². The lowest BCUT2D eigenvalue weighted by molar-refractivity contribution is -0.121. The van der Waals surface area contributed by atoms with Crippen LogP contribution in [0.25, 0.3) is 0 Å². The van der Waals surface area contributed by atoms with Gasteiger partial charge in [0.15, 0.2) is 0 Å². The number of ether oxygens (including phenoxy) is 2. The molecule has 28 heavy (non-hydrogen) atoms. The molecule has 162 valence electrons. The summed E-state index contributed by atoms with van der Waals surface area (Å²) in [6, 6.07) is -1.49. The highest BCUT2D eigenvalue weighted by molar-refractivity contribution is 7.56. The fourth-order valence-electron chi connectivity index (χ4n) is 3.00. The molecule has 2 amide bonds. The van der Waals surface area contributed by atoms with E-state index >= 15 is 0 Å². The zero-order valence-corrected chi connectivity index (χ0v) is 18.3. The summed E-state index contributed by atoms with van der Waals surface area (Å²) in [6.07, 6.45) is 0.943. The van der Waals surface area contributed by atoms with Crippen molar-refractivity contribution in [2.75, 3.05) is 0 Å². The van der Waals surface area contributed by atoms with Gasteiger partial charge in [0, 0.05) is 18.7 Å². The second-order valence-corrected chi connectivity index (χ2v) is 9.59. The first-order valence-corrected chi connectivity index (χ1v) is 11.1. The van der Waals surface area contributed by atoms with E-state index in [1.54, 1.807) is 20.8 Å². The van der Waals surface area contributed by atoms with Crippen molar-refractivity contribution in [3.8, 4) is 0 Å². The Labute approximate surface area is 166 Å². The van der Waals surface area contributed by atoms with E-state index in [-0.39, 0.29) is 23.7 Å². The third kappa shape index (κ3) is 7.91. The van der Waals surface area contributed by atoms with E-state index < -0.39 is 37.5 Å². The Kier molecular flexibility index (Phi) is 8.68. The van der Waals surface area contributed by atoms with Crippen LogP contribution < -0.4 is 10.6 Å². The number of amides is 2. The van der Waals surface area contributed by atoms with Crippen molar-refractivity contribution < 1.29 is 33.4 Å². The first kappa shape index (κ1) is 24.6. The van der Waals surface area contributed by atoms with Crippen molar-refractivity contribution >= 4 is 19.6 Å². The molecule has 4 N–H and O–H groups in total. The molecule has 0 radical (unpaired) electrons. The van der Waals surface area contributed by atoms with Crippen LogP contribution in [0, 0.1) is 0 Å². The van der Waals surface area contributed by atoms with Crippen LogP contribution in [0.15, 0.2) is 11.4 Å². The Bertz CT molecular complexity index is 634. The van der Waals surface area contributed by atoms with E-state index in [4.69, 9.17) is 9.47 Å². The maximum absolute atomic E-state index is 12.3. The molecule has 0 saturated heterocycles. The van der Waals surface area contributed by atoms with E-state index in [9.17, 15) is 23.9 Å². The van der Waals surface area contributed by atoms with Gasteiger partial charge < -0.3 is 29.9 Å². The molecular formula is C18H33N2O7P. The summed E-state index contributed by atoms with van der Waals surface area (Å²) in [6.45, 7) is 10.3. The van der Waals surface area contributed by atoms with Gasteiger partial charge in [-0.1, -0.05) is 13.8 Å². The normalized spacial score (nSPS) is 23.2. The van der Waals surface area contributed by atoms with Gasteiger partial charge in [-0.15, -0.1) is 0 Å². The van der Waals surface area contributed by atoms with Gasteiger partial charge in [0.2, 0.25) is 5.91 Å². The SMILES string of the molecule is CCC(CC)O[C@@H]1C=C(P(=O)(O)O)C[C@H](NC(=O)OC(C)(C)C)[C@H]1NC(C)=O. The molecule has 0 fully saturated rings. The van der Waals surface area contributed by atoms with Crippen LogP contribution in [0.1, 0.15) is 60.8 Å². The molecular weight excluding hydrogens is 387 g/mol. The molecule has 0 aromatic rings. The third-order valence-electron chi connectivity index (χ3n) is 4.28. The fraction of sp³-hybridized carbons (Fsp3) is 0.778. The van der Waals surface area contributed by atoms with Crippen molar-refractivity contribution in [2.45, 2.75) is 90.7 Å². The summed E-state index contributed by atoms with van der Waals surface area (Å²) in [5.41, 5.74) is -0.740. The molecule has 0 aromatic carbocycles. The van der Waals surface area contributed by atoms with Crippen LogP contribution in [0.2, 0.25) is 0 Å². The molecule has 9 nitrogen and oxygen atoms in total. The van der Waals surface area contributed by atoms with Gasteiger partial charge in [-0.2, -0.15) is 0 Å². The Morgan fingerprint density at radius 3 is 2.25 bits per heavy atom. The molecule has 0 aromatic heterocycles. The van der Waals surface area contributed by atoms with E-state index in [2.05, 4.69) is 10.6 Å². The number of alkyl carbamates (subject to hydrolysis) is 1. The molecule has 0 unspecified atom stereocenters. The average molecular weight is 420 g/mol. The number of rotatable bonds is 7. The van der Waals surface area contributed by atoms with Gasteiger partial charge in [0.25, 0.3) is 0 Å². The largest absolute Gasteiger partial charge is 0.444 e. The quantitative estimate of drug-likeness (QED) is 0.465. The molecule has 1 aliphatic rings. The fourth-order valence-corrected chi connectivity index (χ4v) is 3.78. The van der Waals surface area contributed by atoms with Gasteiger partial charge in [0.1, 0.15) is 5.60 Å². The molecule has 0 heterocycles. The lowest BCUT2D eigenvalue weighted by Crippen LogP contribution is -2.59. The number of nitrogens with one attached hydrogen (secondary N) is 2. The second kappa shape index (κ2) is 9.87. The smallest absolute Gasteiger partial charge is 0.407 e. The predicted molar refractivity (Wildman–Crippen MR) is 105 cm³/mol. The maximum atomic E-state index is 12.3. The highest BCUT2D eigenvalue weighted by Crippen LogP contribution is 2.49. The monoisotopic (exact) mass is 420 g/mol. The number of carbonyl (C=O) groups excluding carboxylic acids is 2. The summed E-state index contributed by atoms with van der Waals surface area (Å²) < 4.78 is 23.2. The summed E-state index contributed by atoms with van der Waals surface area (Å²) in [5, 5.41) is 5.24. The highest BCUT2D eigenvalue weighted by Gasteiger charge is 2.41. The maximum Gasteiger partial charge on any atom is 0.407 e. The molecule has 0 aliphatic heterocycles. The van der Waals surface area contributed by atoms with Crippen molar-refractivity contribution in [1.82, 2.24) is 10.6 Å². The van der Waals surface area contributed by atoms with E-state index in [1.807, 2.05) is 13.8 Å². The number of carbonyl (C=O) groups is 2. The van der Waals surface area contributed by atoms with Crippen molar-refractivity contribution in [3.63, 3.8) is 0 Å². The Morgan fingerprint density at radius 1 is 1.25 bits per heavy atom. The number of hydrogen-bond acceptors (Lipinski definition) is 5. The predicted octanol–water partition coefficient (Wildman–Crippen LogP) is 2.42. The molecule has 10 heteroatoms. The summed E-state index contributed by atoms with van der Waals surface area (Å²) in [4.78, 5) is 43.3. The molecule has 0 saturated carbocycles. The second-order valence-electron chi connectivity index (χ2n) is 7.92. The van der Waals surface area contributed by atoms with Crippen LogP contribution >= 0.6 is 7.60 Å². The van der Waals surface area contributed by atoms with Crippen LogP contribution in [-0.2, 0) is 18.8 Å². The van der Waals surface area contributed by atoms with Crippen LogP contribution in [0.4, 0.5) is 4.79 Å². The number of hydrogen-bond donors (Lipinski definition) is 4. The van der Waals surface area contributed by atoms with Gasteiger partial charge in [-0.25, -0.2) is 4.79 Å². The molecule has 0 bridgehead atoms. The van der Waals surface area contributed by atoms with Crippen LogP contribution in [0.3, 0.4) is 0 Å². The van der Waals surface area contributed by atoms with Gasteiger partial charge in [-0.3, -0.25) is 9.36 Å². The zero-order chi connectivity index (χ0) is 21.7. The van der Waals surface area contributed by atoms with E-state index in [1.165, 1.54) is 13.0 Å². The van der Waals surface area contributed by atoms with Crippen LogP contribution in [0.5, 0.6) is 0 Å². The summed E-state index contributed by atoms with van der Waals surface area (Å²) in [7, 11) is -4.55. The minimum absolute atomic E-state index is 0.128. The van der Waals surface area contributed by atoms with Crippen molar-refractivity contribution in [1.29, 1.82) is 0 Å². The van der Waals surface area contributed by atoms with Gasteiger partial charge in [0.05, 0.1) is 24.3 Å². The lowest BCUT2D eigenvalue weighted by Gasteiger charge is -2.39. The lowest BCUT2D eigenvalue weighted by atomic mass is 9.92. The molecule has 1 rings (SSSR count). The molecule has 0 spiro atoms. The third-order valence-corrected chi connectivity index (χ3v) is 5.36. The van der Waals surface area contributed by atoms with Crippen LogP contribution in [-0.4, -0.2) is 51.7 Å². The average Bonchev–Trinajstić information content (AvgIpc) is 2.51. The summed E-state index contributed by atoms with van der Waals surface area (Å²) >= 11 is 0. The zero-order valence-electron chi connectivity index (χ0n) is 17.4. The Hall–Kier alpha value is -1.41. The van der Waals surface area contributed by atoms with Crippen molar-refractivity contribution in [2.24, 2.45) is 0 Å². The molecule has 1 aliphatic carbocycles. The first-order valence-electron chi connectivity index (χ1n) is 9.45. The topological polar surface area (TPSA) is 134 Å². The minimum Gasteiger partial charge on any atom is -0.444 e. The standard InChI is InChI=1S/C18H33N2O7P/c1-7-12(8-2)26-15-10-13(28(23,24)25)9-14(16(15)19-11(3)21)20-17(22)27-18(4,5)6/h10,12,14-16H,7-9H2,1-6H3,(H,19,21)(H,20,22)(H2,23,24,25)/t14-,15+,16+/m0/s1. The van der Waals surface area contributed by atoms with E-state index in [0.29, 0.717) is 12.8 Å². The Balaban J connectivity index is 3.22. The molecule has 3 atom stereocenters. The van der Waals surface area contributed by atoms with Gasteiger partial charge >= 0.3 is 13.7 Å². The first-order chi connectivity index (χ1) is 12.8.